The second-order valence-corrected chi connectivity index (χ2v) is 8.59. The number of sulfone groups is 1. The van der Waals surface area contributed by atoms with E-state index in [-0.39, 0.29) is 29.6 Å². The van der Waals surface area contributed by atoms with Crippen molar-refractivity contribution in [2.75, 3.05) is 11.5 Å². The van der Waals surface area contributed by atoms with Gasteiger partial charge in [0, 0.05) is 10.9 Å². The fourth-order valence-electron chi connectivity index (χ4n) is 2.35. The van der Waals surface area contributed by atoms with Crippen LogP contribution in [0.25, 0.3) is 0 Å². The summed E-state index contributed by atoms with van der Waals surface area (Å²) in [5, 5.41) is 6.51. The van der Waals surface area contributed by atoms with Crippen molar-refractivity contribution in [2.24, 2.45) is 0 Å². The standard InChI is InChI=1S/C12H19N3O3S2/c1-7-11(19-9(3)13-7)8(2)14-12(16)15-10-4-5-20(17,18)6-10/h8,10H,4-6H2,1-3H3,(H2,14,15,16)/t8-,10-/m1/s1. The molecular formula is C12H19N3O3S2. The van der Waals surface area contributed by atoms with E-state index in [1.54, 1.807) is 11.3 Å². The van der Waals surface area contributed by atoms with Crippen LogP contribution >= 0.6 is 11.3 Å². The Hall–Kier alpha value is -1.15. The first-order chi connectivity index (χ1) is 9.27. The fraction of sp³-hybridized carbons (Fsp3) is 0.667. The van der Waals surface area contributed by atoms with Gasteiger partial charge in [-0.15, -0.1) is 11.3 Å². The third kappa shape index (κ3) is 3.69. The smallest absolute Gasteiger partial charge is 0.315 e. The molecule has 1 aliphatic heterocycles. The van der Waals surface area contributed by atoms with Crippen LogP contribution in [0.5, 0.6) is 0 Å². The van der Waals surface area contributed by atoms with Gasteiger partial charge in [-0.3, -0.25) is 0 Å². The molecule has 0 aliphatic carbocycles. The van der Waals surface area contributed by atoms with Crippen molar-refractivity contribution in [3.8, 4) is 0 Å². The Morgan fingerprint density at radius 2 is 2.15 bits per heavy atom. The zero-order valence-electron chi connectivity index (χ0n) is 11.8. The lowest BCUT2D eigenvalue weighted by Crippen LogP contribution is -2.43. The third-order valence-electron chi connectivity index (χ3n) is 3.25. The lowest BCUT2D eigenvalue weighted by molar-refractivity contribution is 0.235. The molecule has 1 aliphatic rings. The van der Waals surface area contributed by atoms with Gasteiger partial charge in [0.25, 0.3) is 0 Å². The number of nitrogens with zero attached hydrogens (tertiary/aromatic N) is 1. The van der Waals surface area contributed by atoms with Crippen molar-refractivity contribution in [1.82, 2.24) is 15.6 Å². The molecule has 112 valence electrons. The van der Waals surface area contributed by atoms with Crippen LogP contribution in [0.4, 0.5) is 4.79 Å². The van der Waals surface area contributed by atoms with Gasteiger partial charge in [-0.25, -0.2) is 18.2 Å². The van der Waals surface area contributed by atoms with Gasteiger partial charge >= 0.3 is 6.03 Å². The summed E-state index contributed by atoms with van der Waals surface area (Å²) in [6.45, 7) is 5.74. The maximum Gasteiger partial charge on any atom is 0.315 e. The quantitative estimate of drug-likeness (QED) is 0.880. The van der Waals surface area contributed by atoms with Crippen LogP contribution in [0.1, 0.15) is 35.0 Å². The summed E-state index contributed by atoms with van der Waals surface area (Å²) in [5.41, 5.74) is 0.920. The zero-order valence-corrected chi connectivity index (χ0v) is 13.4. The minimum absolute atomic E-state index is 0.0352. The Morgan fingerprint density at radius 1 is 1.45 bits per heavy atom. The highest BCUT2D eigenvalue weighted by molar-refractivity contribution is 7.91. The average molecular weight is 317 g/mol. The molecule has 8 heteroatoms. The molecule has 0 bridgehead atoms. The molecule has 0 radical (unpaired) electrons. The number of aryl methyl sites for hydroxylation is 2. The molecule has 2 atom stereocenters. The van der Waals surface area contributed by atoms with Crippen LogP contribution in [0.15, 0.2) is 0 Å². The topological polar surface area (TPSA) is 88.2 Å². The van der Waals surface area contributed by atoms with Gasteiger partial charge in [-0.2, -0.15) is 0 Å². The van der Waals surface area contributed by atoms with E-state index in [1.165, 1.54) is 0 Å². The van der Waals surface area contributed by atoms with Crippen molar-refractivity contribution in [3.63, 3.8) is 0 Å². The molecule has 0 saturated carbocycles. The van der Waals surface area contributed by atoms with Crippen molar-refractivity contribution >= 4 is 27.2 Å². The molecule has 0 spiro atoms. The SMILES string of the molecule is Cc1nc(C)c([C@@H](C)NC(=O)N[C@@H]2CCS(=O)(=O)C2)s1. The van der Waals surface area contributed by atoms with Crippen LogP contribution in [-0.4, -0.2) is 37.0 Å². The molecule has 2 N–H and O–H groups in total. The number of hydrogen-bond acceptors (Lipinski definition) is 5. The van der Waals surface area contributed by atoms with E-state index in [4.69, 9.17) is 0 Å². The average Bonchev–Trinajstić information content (AvgIpc) is 2.81. The van der Waals surface area contributed by atoms with Gasteiger partial charge in [0.05, 0.1) is 28.2 Å². The number of thiazole rings is 1. The number of carbonyl (C=O) groups is 1. The Balaban J connectivity index is 1.90. The lowest BCUT2D eigenvalue weighted by Gasteiger charge is -2.16. The summed E-state index contributed by atoms with van der Waals surface area (Å²) in [4.78, 5) is 17.2. The van der Waals surface area contributed by atoms with E-state index in [1.807, 2.05) is 20.8 Å². The predicted molar refractivity (Wildman–Crippen MR) is 78.7 cm³/mol. The fourth-order valence-corrected chi connectivity index (χ4v) is 4.95. The third-order valence-corrected chi connectivity index (χ3v) is 6.27. The van der Waals surface area contributed by atoms with E-state index in [2.05, 4.69) is 15.6 Å². The lowest BCUT2D eigenvalue weighted by atomic mass is 10.2. The molecule has 2 rings (SSSR count). The van der Waals surface area contributed by atoms with Gasteiger partial charge in [0.1, 0.15) is 0 Å². The number of carbonyl (C=O) groups excluding carboxylic acids is 1. The Kier molecular flexibility index (Phi) is 4.33. The first kappa shape index (κ1) is 15.2. The van der Waals surface area contributed by atoms with Gasteiger partial charge < -0.3 is 10.6 Å². The van der Waals surface area contributed by atoms with Gasteiger partial charge in [0.15, 0.2) is 9.84 Å². The van der Waals surface area contributed by atoms with Crippen molar-refractivity contribution in [3.05, 3.63) is 15.6 Å². The normalized spacial score (nSPS) is 22.4. The second kappa shape index (κ2) is 5.69. The second-order valence-electron chi connectivity index (χ2n) is 5.12. The van der Waals surface area contributed by atoms with Crippen LogP contribution < -0.4 is 10.6 Å². The van der Waals surface area contributed by atoms with Gasteiger partial charge in [0.2, 0.25) is 0 Å². The summed E-state index contributed by atoms with van der Waals surface area (Å²) >= 11 is 1.56. The number of hydrogen-bond donors (Lipinski definition) is 2. The van der Waals surface area contributed by atoms with Crippen LogP contribution in [0, 0.1) is 13.8 Å². The molecule has 20 heavy (non-hydrogen) atoms. The monoisotopic (exact) mass is 317 g/mol. The molecule has 0 aromatic carbocycles. The van der Waals surface area contributed by atoms with Gasteiger partial charge in [-0.05, 0) is 27.2 Å². The molecule has 0 unspecified atom stereocenters. The molecule has 1 saturated heterocycles. The number of nitrogens with one attached hydrogen (secondary N) is 2. The minimum atomic E-state index is -2.98. The van der Waals surface area contributed by atoms with E-state index in [0.717, 1.165) is 15.6 Å². The maximum absolute atomic E-state index is 11.9. The number of rotatable bonds is 3. The number of aromatic nitrogens is 1. The largest absolute Gasteiger partial charge is 0.334 e. The Bertz CT molecular complexity index is 609. The van der Waals surface area contributed by atoms with Crippen molar-refractivity contribution < 1.29 is 13.2 Å². The molecule has 1 fully saturated rings. The molecule has 2 heterocycles. The Labute approximate surface area is 122 Å². The number of amides is 2. The molecule has 1 aromatic heterocycles. The maximum atomic E-state index is 11.9. The predicted octanol–water partition coefficient (Wildman–Crippen LogP) is 1.31. The Morgan fingerprint density at radius 3 is 2.65 bits per heavy atom. The van der Waals surface area contributed by atoms with E-state index < -0.39 is 9.84 Å². The number of urea groups is 1. The summed E-state index contributed by atoms with van der Waals surface area (Å²) in [7, 11) is -2.98. The van der Waals surface area contributed by atoms with E-state index in [9.17, 15) is 13.2 Å². The summed E-state index contributed by atoms with van der Waals surface area (Å²) in [5.74, 6) is 0.189. The zero-order chi connectivity index (χ0) is 14.9. The van der Waals surface area contributed by atoms with Crippen LogP contribution in [0.2, 0.25) is 0 Å². The van der Waals surface area contributed by atoms with Crippen molar-refractivity contribution in [1.29, 1.82) is 0 Å². The molecule has 6 nitrogen and oxygen atoms in total. The first-order valence-corrected chi connectivity index (χ1v) is 9.12. The van der Waals surface area contributed by atoms with Gasteiger partial charge in [-0.1, -0.05) is 0 Å². The summed E-state index contributed by atoms with van der Waals surface area (Å²) in [6, 6.07) is -0.749. The highest BCUT2D eigenvalue weighted by Crippen LogP contribution is 2.24. The van der Waals surface area contributed by atoms with E-state index in [0.29, 0.717) is 6.42 Å². The first-order valence-electron chi connectivity index (χ1n) is 6.48. The molecule has 2 amide bonds. The van der Waals surface area contributed by atoms with E-state index >= 15 is 0 Å². The van der Waals surface area contributed by atoms with Crippen LogP contribution in [0.3, 0.4) is 0 Å². The highest BCUT2D eigenvalue weighted by Gasteiger charge is 2.29. The van der Waals surface area contributed by atoms with Crippen molar-refractivity contribution in [2.45, 2.75) is 39.3 Å². The minimum Gasteiger partial charge on any atom is -0.334 e. The highest BCUT2D eigenvalue weighted by atomic mass is 32.2. The molecular weight excluding hydrogens is 298 g/mol. The van der Waals surface area contributed by atoms with Crippen LogP contribution in [-0.2, 0) is 9.84 Å². The molecule has 1 aromatic rings. The summed E-state index contributed by atoms with van der Waals surface area (Å²) < 4.78 is 22.7. The summed E-state index contributed by atoms with van der Waals surface area (Å²) in [6.07, 6.45) is 0.489.